The Labute approximate surface area is 173 Å². The summed E-state index contributed by atoms with van der Waals surface area (Å²) in [5, 5.41) is 7.11. The predicted octanol–water partition coefficient (Wildman–Crippen LogP) is 2.97. The summed E-state index contributed by atoms with van der Waals surface area (Å²) in [5.74, 6) is 0.368. The highest BCUT2D eigenvalue weighted by molar-refractivity contribution is 8.00. The molecule has 0 spiro atoms. The molecule has 8 heteroatoms. The molecule has 148 valence electrons. The Bertz CT molecular complexity index is 1000. The molecule has 2 heterocycles. The molecule has 2 aromatic carbocycles. The minimum Gasteiger partial charge on any atom is -0.350 e. The van der Waals surface area contributed by atoms with Crippen LogP contribution in [0.15, 0.2) is 66.1 Å². The lowest BCUT2D eigenvalue weighted by Crippen LogP contribution is -2.38. The zero-order valence-electron chi connectivity index (χ0n) is 16.0. The van der Waals surface area contributed by atoms with Crippen LogP contribution in [0.4, 0.5) is 5.69 Å². The summed E-state index contributed by atoms with van der Waals surface area (Å²) < 4.78 is 1.68. The molecule has 1 atom stereocenters. The van der Waals surface area contributed by atoms with Crippen molar-refractivity contribution >= 4 is 29.3 Å². The number of rotatable bonds is 6. The zero-order valence-corrected chi connectivity index (χ0v) is 16.8. The van der Waals surface area contributed by atoms with Crippen LogP contribution in [0.5, 0.6) is 0 Å². The molecular formula is C21H21N5O2S. The Morgan fingerprint density at radius 1 is 1.21 bits per heavy atom. The van der Waals surface area contributed by atoms with Gasteiger partial charge in [0.1, 0.15) is 12.7 Å². The summed E-state index contributed by atoms with van der Waals surface area (Å²) in [6, 6.07) is 15.5. The van der Waals surface area contributed by atoms with Crippen LogP contribution < -0.4 is 10.2 Å². The number of hydrogen-bond acceptors (Lipinski definition) is 5. The Morgan fingerprint density at radius 3 is 2.76 bits per heavy atom. The number of carbonyl (C=O) groups is 2. The summed E-state index contributed by atoms with van der Waals surface area (Å²) in [6.45, 7) is 2.32. The fraction of sp³-hybridized carbons (Fsp3) is 0.238. The SMILES string of the molecule is C[C@H](NC(=O)CCN1C(=O)CSc2ccccc21)c1ccc(-n2cncn2)cc1. The maximum absolute atomic E-state index is 12.5. The summed E-state index contributed by atoms with van der Waals surface area (Å²) in [4.78, 5) is 31.5. The highest BCUT2D eigenvalue weighted by Gasteiger charge is 2.24. The van der Waals surface area contributed by atoms with Gasteiger partial charge in [-0.1, -0.05) is 24.3 Å². The van der Waals surface area contributed by atoms with Gasteiger partial charge in [0.05, 0.1) is 23.2 Å². The van der Waals surface area contributed by atoms with Gasteiger partial charge >= 0.3 is 0 Å². The lowest BCUT2D eigenvalue weighted by atomic mass is 10.1. The molecule has 4 rings (SSSR count). The van der Waals surface area contributed by atoms with Crippen LogP contribution in [0, 0.1) is 0 Å². The first kappa shape index (κ1) is 19.2. The molecule has 3 aromatic rings. The maximum Gasteiger partial charge on any atom is 0.237 e. The van der Waals surface area contributed by atoms with E-state index in [-0.39, 0.29) is 24.3 Å². The van der Waals surface area contributed by atoms with Gasteiger partial charge in [0.25, 0.3) is 0 Å². The second-order valence-electron chi connectivity index (χ2n) is 6.77. The first-order valence-corrected chi connectivity index (χ1v) is 10.4. The summed E-state index contributed by atoms with van der Waals surface area (Å²) >= 11 is 1.54. The lowest BCUT2D eigenvalue weighted by Gasteiger charge is -2.28. The summed E-state index contributed by atoms with van der Waals surface area (Å²) in [5.41, 5.74) is 2.79. The highest BCUT2D eigenvalue weighted by atomic mass is 32.2. The first-order chi connectivity index (χ1) is 14.1. The topological polar surface area (TPSA) is 80.1 Å². The second-order valence-corrected chi connectivity index (χ2v) is 7.79. The van der Waals surface area contributed by atoms with E-state index in [2.05, 4.69) is 15.4 Å². The molecule has 29 heavy (non-hydrogen) atoms. The van der Waals surface area contributed by atoms with E-state index in [0.29, 0.717) is 12.3 Å². The van der Waals surface area contributed by atoms with E-state index in [1.807, 2.05) is 55.5 Å². The van der Waals surface area contributed by atoms with Crippen molar-refractivity contribution in [1.82, 2.24) is 20.1 Å². The van der Waals surface area contributed by atoms with Gasteiger partial charge in [-0.05, 0) is 36.8 Å². The zero-order chi connectivity index (χ0) is 20.2. The predicted molar refractivity (Wildman–Crippen MR) is 112 cm³/mol. The number of para-hydroxylation sites is 1. The molecule has 7 nitrogen and oxygen atoms in total. The molecule has 0 saturated carbocycles. The number of thioether (sulfide) groups is 1. The van der Waals surface area contributed by atoms with Gasteiger partial charge in [-0.25, -0.2) is 9.67 Å². The van der Waals surface area contributed by atoms with Crippen LogP contribution in [-0.2, 0) is 9.59 Å². The summed E-state index contributed by atoms with van der Waals surface area (Å²) in [7, 11) is 0. The fourth-order valence-electron chi connectivity index (χ4n) is 3.27. The number of amides is 2. The van der Waals surface area contributed by atoms with Crippen molar-refractivity contribution in [3.05, 3.63) is 66.7 Å². The van der Waals surface area contributed by atoms with E-state index < -0.39 is 0 Å². The molecule has 1 aliphatic rings. The number of benzene rings is 2. The smallest absolute Gasteiger partial charge is 0.237 e. The van der Waals surface area contributed by atoms with Crippen LogP contribution in [0.3, 0.4) is 0 Å². The Kier molecular flexibility index (Phi) is 5.62. The molecule has 0 bridgehead atoms. The normalized spacial score (nSPS) is 14.4. The van der Waals surface area contributed by atoms with Crippen molar-refractivity contribution in [2.75, 3.05) is 17.2 Å². The number of hydrogen-bond donors (Lipinski definition) is 1. The number of nitrogens with zero attached hydrogens (tertiary/aromatic N) is 4. The third kappa shape index (κ3) is 4.32. The Morgan fingerprint density at radius 2 is 2.00 bits per heavy atom. The van der Waals surface area contributed by atoms with Crippen molar-refractivity contribution in [1.29, 1.82) is 0 Å². The third-order valence-electron chi connectivity index (χ3n) is 4.82. The number of aromatic nitrogens is 3. The molecule has 0 fully saturated rings. The minimum absolute atomic E-state index is 0.0400. The number of nitrogens with one attached hydrogen (secondary N) is 1. The van der Waals surface area contributed by atoms with E-state index in [4.69, 9.17) is 0 Å². The van der Waals surface area contributed by atoms with E-state index >= 15 is 0 Å². The molecular weight excluding hydrogens is 386 g/mol. The van der Waals surface area contributed by atoms with Crippen molar-refractivity contribution in [3.8, 4) is 5.69 Å². The summed E-state index contributed by atoms with van der Waals surface area (Å²) in [6.07, 6.45) is 3.38. The Balaban J connectivity index is 1.34. The van der Waals surface area contributed by atoms with Gasteiger partial charge in [0, 0.05) is 17.9 Å². The van der Waals surface area contributed by atoms with Crippen molar-refractivity contribution in [3.63, 3.8) is 0 Å². The largest absolute Gasteiger partial charge is 0.350 e. The molecule has 0 unspecified atom stereocenters. The van der Waals surface area contributed by atoms with Gasteiger partial charge in [0.2, 0.25) is 11.8 Å². The average Bonchev–Trinajstić information content (AvgIpc) is 3.28. The van der Waals surface area contributed by atoms with Crippen molar-refractivity contribution in [2.45, 2.75) is 24.3 Å². The third-order valence-corrected chi connectivity index (χ3v) is 5.87. The second kappa shape index (κ2) is 8.48. The molecule has 2 amide bonds. The number of carbonyl (C=O) groups excluding carboxylic acids is 2. The fourth-order valence-corrected chi connectivity index (χ4v) is 4.20. The van der Waals surface area contributed by atoms with E-state index in [9.17, 15) is 9.59 Å². The van der Waals surface area contributed by atoms with E-state index in [1.54, 1.807) is 27.7 Å². The van der Waals surface area contributed by atoms with Crippen LogP contribution in [0.2, 0.25) is 0 Å². The van der Waals surface area contributed by atoms with Gasteiger partial charge in [-0.3, -0.25) is 9.59 Å². The number of anilines is 1. The van der Waals surface area contributed by atoms with Gasteiger partial charge in [-0.2, -0.15) is 5.10 Å². The minimum atomic E-state index is -0.132. The molecule has 1 N–H and O–H groups in total. The van der Waals surface area contributed by atoms with Crippen LogP contribution in [0.1, 0.15) is 24.9 Å². The monoisotopic (exact) mass is 407 g/mol. The molecule has 0 aliphatic carbocycles. The number of fused-ring (bicyclic) bond motifs is 1. The Hall–Kier alpha value is -3.13. The van der Waals surface area contributed by atoms with Crippen LogP contribution in [-0.4, -0.2) is 38.9 Å². The quantitative estimate of drug-likeness (QED) is 0.680. The van der Waals surface area contributed by atoms with Crippen molar-refractivity contribution < 1.29 is 9.59 Å². The highest BCUT2D eigenvalue weighted by Crippen LogP contribution is 2.34. The van der Waals surface area contributed by atoms with Crippen LogP contribution in [0.25, 0.3) is 5.69 Å². The average molecular weight is 407 g/mol. The molecule has 1 aliphatic heterocycles. The lowest BCUT2D eigenvalue weighted by molar-refractivity contribution is -0.121. The van der Waals surface area contributed by atoms with Crippen molar-refractivity contribution in [2.24, 2.45) is 0 Å². The van der Waals surface area contributed by atoms with Gasteiger partial charge < -0.3 is 10.2 Å². The van der Waals surface area contributed by atoms with Gasteiger partial charge in [-0.15, -0.1) is 11.8 Å². The molecule has 0 radical (unpaired) electrons. The standard InChI is InChI=1S/C21H21N5O2S/c1-15(16-6-8-17(9-7-16)26-14-22-13-23-26)24-20(27)10-11-25-18-4-2-3-5-19(18)29-12-21(25)28/h2-9,13-15H,10-12H2,1H3,(H,24,27)/t15-/m0/s1. The van der Waals surface area contributed by atoms with E-state index in [1.165, 1.54) is 6.33 Å². The van der Waals surface area contributed by atoms with E-state index in [0.717, 1.165) is 21.8 Å². The van der Waals surface area contributed by atoms with Gasteiger partial charge in [0.15, 0.2) is 0 Å². The molecule has 1 aromatic heterocycles. The van der Waals surface area contributed by atoms with Crippen LogP contribution >= 0.6 is 11.8 Å². The maximum atomic E-state index is 12.5. The molecule has 0 saturated heterocycles. The first-order valence-electron chi connectivity index (χ1n) is 9.38.